The van der Waals surface area contributed by atoms with Crippen LogP contribution in [0.5, 0.6) is 0 Å². The maximum Gasteiger partial charge on any atom is 0.256 e. The van der Waals surface area contributed by atoms with Gasteiger partial charge >= 0.3 is 0 Å². The van der Waals surface area contributed by atoms with E-state index in [-0.39, 0.29) is 16.4 Å². The van der Waals surface area contributed by atoms with Crippen molar-refractivity contribution < 1.29 is 18.0 Å². The van der Waals surface area contributed by atoms with E-state index >= 15 is 0 Å². The molecule has 2 aromatic carbocycles. The highest BCUT2D eigenvalue weighted by molar-refractivity contribution is 9.10. The maximum absolute atomic E-state index is 12.9. The molecular weight excluding hydrogens is 470 g/mol. The Morgan fingerprint density at radius 2 is 1.77 bits per heavy atom. The molecule has 1 aliphatic rings. The molecule has 0 spiro atoms. The van der Waals surface area contributed by atoms with Gasteiger partial charge < -0.3 is 10.6 Å². The van der Waals surface area contributed by atoms with Crippen LogP contribution >= 0.6 is 15.9 Å². The molecule has 0 saturated carbocycles. The number of carbonyl (C=O) groups excluding carboxylic acids is 2. The molecule has 30 heavy (non-hydrogen) atoms. The van der Waals surface area contributed by atoms with E-state index in [0.717, 1.165) is 19.3 Å². The van der Waals surface area contributed by atoms with Crippen molar-refractivity contribution in [2.24, 2.45) is 0 Å². The van der Waals surface area contributed by atoms with Crippen molar-refractivity contribution in [2.45, 2.75) is 31.1 Å². The van der Waals surface area contributed by atoms with Crippen LogP contribution in [0, 0.1) is 0 Å². The van der Waals surface area contributed by atoms with Crippen LogP contribution in [0.4, 0.5) is 5.69 Å². The van der Waals surface area contributed by atoms with Gasteiger partial charge in [-0.15, -0.1) is 0 Å². The molecule has 2 N–H and O–H groups in total. The topological polar surface area (TPSA) is 95.6 Å². The fraction of sp³-hybridized carbons (Fsp3) is 0.333. The number of hydrogen-bond donors (Lipinski definition) is 2. The molecule has 1 fully saturated rings. The number of sulfonamides is 1. The number of piperidine rings is 1. The zero-order chi connectivity index (χ0) is 21.7. The van der Waals surface area contributed by atoms with Crippen molar-refractivity contribution in [1.82, 2.24) is 9.62 Å². The summed E-state index contributed by atoms with van der Waals surface area (Å²) >= 11 is 3.33. The summed E-state index contributed by atoms with van der Waals surface area (Å²) in [6.07, 6.45) is 2.70. The number of amides is 2. The van der Waals surface area contributed by atoms with E-state index in [2.05, 4.69) is 26.6 Å². The van der Waals surface area contributed by atoms with Gasteiger partial charge in [-0.3, -0.25) is 9.59 Å². The predicted molar refractivity (Wildman–Crippen MR) is 119 cm³/mol. The fourth-order valence-electron chi connectivity index (χ4n) is 3.29. The average molecular weight is 494 g/mol. The second-order valence-corrected chi connectivity index (χ2v) is 9.79. The van der Waals surface area contributed by atoms with Gasteiger partial charge in [-0.2, -0.15) is 4.31 Å². The first kappa shape index (κ1) is 22.5. The molecule has 0 aliphatic carbocycles. The summed E-state index contributed by atoms with van der Waals surface area (Å²) in [5.74, 6) is -0.699. The Labute approximate surface area is 185 Å². The van der Waals surface area contributed by atoms with Crippen LogP contribution in [0.3, 0.4) is 0 Å². The van der Waals surface area contributed by atoms with Crippen molar-refractivity contribution in [3.05, 3.63) is 58.1 Å². The molecular formula is C21H24BrN3O4S. The van der Waals surface area contributed by atoms with Crippen LogP contribution in [0.15, 0.2) is 51.8 Å². The van der Waals surface area contributed by atoms with E-state index in [4.69, 9.17) is 0 Å². The van der Waals surface area contributed by atoms with Crippen LogP contribution in [0.1, 0.15) is 46.9 Å². The van der Waals surface area contributed by atoms with Crippen LogP contribution in [-0.2, 0) is 10.0 Å². The van der Waals surface area contributed by atoms with Gasteiger partial charge in [-0.25, -0.2) is 8.42 Å². The lowest BCUT2D eigenvalue weighted by Gasteiger charge is -2.26. The third-order valence-corrected chi connectivity index (χ3v) is 7.44. The minimum atomic E-state index is -3.65. The first-order valence-corrected chi connectivity index (χ1v) is 12.1. The minimum absolute atomic E-state index is 0.0915. The quantitative estimate of drug-likeness (QED) is 0.641. The van der Waals surface area contributed by atoms with Crippen molar-refractivity contribution >= 4 is 43.5 Å². The minimum Gasteiger partial charge on any atom is -0.352 e. The lowest BCUT2D eigenvalue weighted by Crippen LogP contribution is -2.35. The number of nitrogens with one attached hydrogen (secondary N) is 2. The van der Waals surface area contributed by atoms with Crippen molar-refractivity contribution in [1.29, 1.82) is 0 Å². The van der Waals surface area contributed by atoms with Gasteiger partial charge in [0.1, 0.15) is 0 Å². The fourth-order valence-corrected chi connectivity index (χ4v) is 5.26. The largest absolute Gasteiger partial charge is 0.352 e. The summed E-state index contributed by atoms with van der Waals surface area (Å²) in [6, 6.07) is 11.0. The Morgan fingerprint density at radius 3 is 2.47 bits per heavy atom. The molecule has 0 aromatic heterocycles. The van der Waals surface area contributed by atoms with Gasteiger partial charge in [0, 0.05) is 35.4 Å². The third-order valence-electron chi connectivity index (χ3n) is 4.86. The third kappa shape index (κ3) is 5.08. The number of rotatable bonds is 6. The molecule has 9 heteroatoms. The van der Waals surface area contributed by atoms with Gasteiger partial charge in [0.05, 0.1) is 10.5 Å². The molecule has 1 saturated heterocycles. The first-order valence-electron chi connectivity index (χ1n) is 9.82. The highest BCUT2D eigenvalue weighted by atomic mass is 79.9. The second-order valence-electron chi connectivity index (χ2n) is 7.00. The van der Waals surface area contributed by atoms with Gasteiger partial charge in [-0.1, -0.05) is 12.5 Å². The highest BCUT2D eigenvalue weighted by Gasteiger charge is 2.27. The Morgan fingerprint density at radius 1 is 1.03 bits per heavy atom. The zero-order valence-electron chi connectivity index (χ0n) is 16.7. The zero-order valence-corrected chi connectivity index (χ0v) is 19.1. The van der Waals surface area contributed by atoms with E-state index in [1.165, 1.54) is 16.4 Å². The van der Waals surface area contributed by atoms with E-state index in [0.29, 0.717) is 35.4 Å². The number of carbonyl (C=O) groups is 2. The second kappa shape index (κ2) is 9.72. The SMILES string of the molecule is CCNC(=O)c1cccc(NC(=O)c2cc(S(=O)(=O)N3CCCCC3)ccc2Br)c1. The standard InChI is InChI=1S/C21H24BrN3O4S/c1-2-23-20(26)15-7-6-8-16(13-15)24-21(27)18-14-17(9-10-19(18)22)30(28,29)25-11-4-3-5-12-25/h6-10,13-14H,2-5,11-12H2,1H3,(H,23,26)(H,24,27). The van der Waals surface area contributed by atoms with Crippen LogP contribution in [-0.4, -0.2) is 44.2 Å². The van der Waals surface area contributed by atoms with Crippen LogP contribution < -0.4 is 10.6 Å². The molecule has 7 nitrogen and oxygen atoms in total. The number of nitrogens with zero attached hydrogens (tertiary/aromatic N) is 1. The predicted octanol–water partition coefficient (Wildman–Crippen LogP) is 3.63. The molecule has 2 amide bonds. The van der Waals surface area contributed by atoms with Crippen molar-refractivity contribution in [3.8, 4) is 0 Å². The maximum atomic E-state index is 12.9. The Balaban J connectivity index is 1.84. The number of halogens is 1. The van der Waals surface area contributed by atoms with Crippen LogP contribution in [0.2, 0.25) is 0 Å². The Kier molecular flexibility index (Phi) is 7.27. The highest BCUT2D eigenvalue weighted by Crippen LogP contribution is 2.26. The lowest BCUT2D eigenvalue weighted by molar-refractivity contribution is 0.0954. The molecule has 1 heterocycles. The molecule has 3 rings (SSSR count). The normalized spacial score (nSPS) is 14.9. The summed E-state index contributed by atoms with van der Waals surface area (Å²) in [4.78, 5) is 24.9. The van der Waals surface area contributed by atoms with Crippen LogP contribution in [0.25, 0.3) is 0 Å². The van der Waals surface area contributed by atoms with Gasteiger partial charge in [0.25, 0.3) is 11.8 Å². The Bertz CT molecular complexity index is 1050. The molecule has 0 unspecified atom stereocenters. The number of hydrogen-bond acceptors (Lipinski definition) is 4. The summed E-state index contributed by atoms with van der Waals surface area (Å²) in [7, 11) is -3.65. The summed E-state index contributed by atoms with van der Waals surface area (Å²) in [5, 5.41) is 5.45. The van der Waals surface area contributed by atoms with Gasteiger partial charge in [0.15, 0.2) is 0 Å². The van der Waals surface area contributed by atoms with Gasteiger partial charge in [-0.05, 0) is 72.1 Å². The smallest absolute Gasteiger partial charge is 0.256 e. The molecule has 0 atom stereocenters. The molecule has 1 aliphatic heterocycles. The van der Waals surface area contributed by atoms with Crippen molar-refractivity contribution in [2.75, 3.05) is 25.0 Å². The molecule has 160 valence electrons. The lowest BCUT2D eigenvalue weighted by atomic mass is 10.1. The first-order chi connectivity index (χ1) is 14.3. The Hall–Kier alpha value is -2.23. The number of anilines is 1. The molecule has 0 radical (unpaired) electrons. The average Bonchev–Trinajstić information content (AvgIpc) is 2.75. The van der Waals surface area contributed by atoms with E-state index < -0.39 is 15.9 Å². The van der Waals surface area contributed by atoms with Gasteiger partial charge in [0.2, 0.25) is 10.0 Å². The summed E-state index contributed by atoms with van der Waals surface area (Å²) < 4.78 is 27.8. The van der Waals surface area contributed by atoms with Crippen molar-refractivity contribution in [3.63, 3.8) is 0 Å². The summed E-state index contributed by atoms with van der Waals surface area (Å²) in [6.45, 7) is 3.31. The molecule has 0 bridgehead atoms. The van der Waals surface area contributed by atoms with E-state index in [1.807, 2.05) is 6.92 Å². The van der Waals surface area contributed by atoms with E-state index in [1.54, 1.807) is 30.3 Å². The van der Waals surface area contributed by atoms with E-state index in [9.17, 15) is 18.0 Å². The number of benzene rings is 2. The summed E-state index contributed by atoms with van der Waals surface area (Å²) in [5.41, 5.74) is 1.08. The molecule has 2 aromatic rings. The monoisotopic (exact) mass is 493 g/mol.